The molecule has 2 aromatic heterocycles. The van der Waals surface area contributed by atoms with Crippen molar-refractivity contribution < 1.29 is 4.74 Å². The summed E-state index contributed by atoms with van der Waals surface area (Å²) in [7, 11) is 0. The Bertz CT molecular complexity index is 1120. The average Bonchev–Trinajstić information content (AvgIpc) is 3.34. The molecule has 0 saturated carbocycles. The van der Waals surface area contributed by atoms with Crippen LogP contribution in [0.2, 0.25) is 0 Å². The second-order valence-corrected chi connectivity index (χ2v) is 8.83. The predicted molar refractivity (Wildman–Crippen MR) is 116 cm³/mol. The summed E-state index contributed by atoms with van der Waals surface area (Å²) in [6.07, 6.45) is 1.40. The second-order valence-electron chi connectivity index (χ2n) is 7.84. The number of fused-ring (bicyclic) bond motifs is 5. The predicted octanol–water partition coefficient (Wildman–Crippen LogP) is 5.90. The Morgan fingerprint density at radius 2 is 2.00 bits per heavy atom. The van der Waals surface area contributed by atoms with E-state index in [1.807, 2.05) is 11.5 Å². The Balaban J connectivity index is 1.86. The minimum Gasteiger partial charge on any atom is -0.490 e. The first-order valence-electron chi connectivity index (χ1n) is 10.0. The summed E-state index contributed by atoms with van der Waals surface area (Å²) in [6, 6.07) is 15.3. The number of hydrogen-bond donors (Lipinski definition) is 0. The molecule has 1 fully saturated rings. The van der Waals surface area contributed by atoms with E-state index in [0.29, 0.717) is 5.92 Å². The van der Waals surface area contributed by atoms with E-state index in [9.17, 15) is 0 Å². The molecular weight excluding hydrogens is 352 g/mol. The number of hydrogen-bond acceptors (Lipinski definition) is 3. The van der Waals surface area contributed by atoms with Gasteiger partial charge < -0.3 is 9.64 Å². The molecule has 1 aliphatic rings. The zero-order valence-electron chi connectivity index (χ0n) is 16.2. The molecule has 0 unspecified atom stereocenters. The monoisotopic (exact) mass is 378 g/mol. The van der Waals surface area contributed by atoms with Crippen molar-refractivity contribution in [2.75, 3.05) is 19.6 Å². The van der Waals surface area contributed by atoms with E-state index in [1.165, 1.54) is 45.0 Å². The van der Waals surface area contributed by atoms with Crippen molar-refractivity contribution in [2.24, 2.45) is 0 Å². The van der Waals surface area contributed by atoms with Gasteiger partial charge in [-0.3, -0.25) is 3.79 Å². The zero-order chi connectivity index (χ0) is 18.5. The Labute approximate surface area is 164 Å². The maximum Gasteiger partial charge on any atom is 0.129 e. The van der Waals surface area contributed by atoms with E-state index < -0.39 is 0 Å². The van der Waals surface area contributed by atoms with Gasteiger partial charge in [0.05, 0.1) is 21.8 Å². The van der Waals surface area contributed by atoms with Gasteiger partial charge in [-0.1, -0.05) is 42.7 Å². The molecule has 3 nitrogen and oxygen atoms in total. The van der Waals surface area contributed by atoms with Gasteiger partial charge in [0.1, 0.15) is 5.75 Å². The minimum atomic E-state index is 0.175. The molecule has 3 heterocycles. The van der Waals surface area contributed by atoms with Crippen LogP contribution in [0.1, 0.15) is 38.7 Å². The maximum absolute atomic E-state index is 6.27. The van der Waals surface area contributed by atoms with Gasteiger partial charge in [-0.05, 0) is 57.1 Å². The number of benzene rings is 2. The number of likely N-dealkylation sites (tertiary alicyclic amines) is 1. The van der Waals surface area contributed by atoms with Crippen molar-refractivity contribution in [1.82, 2.24) is 8.69 Å². The van der Waals surface area contributed by atoms with Gasteiger partial charge in [0.2, 0.25) is 0 Å². The quantitative estimate of drug-likeness (QED) is 0.439. The first-order valence-corrected chi connectivity index (χ1v) is 10.8. The normalized spacial score (nSPS) is 18.4. The summed E-state index contributed by atoms with van der Waals surface area (Å²) in [4.78, 5) is 2.57. The summed E-state index contributed by atoms with van der Waals surface area (Å²) in [6.45, 7) is 9.95. The lowest BCUT2D eigenvalue weighted by Crippen LogP contribution is -2.19. The van der Waals surface area contributed by atoms with Crippen molar-refractivity contribution in [3.8, 4) is 5.75 Å². The lowest BCUT2D eigenvalue weighted by Gasteiger charge is -2.16. The van der Waals surface area contributed by atoms with Crippen molar-refractivity contribution in [3.05, 3.63) is 48.0 Å². The first kappa shape index (κ1) is 17.1. The number of rotatable bonds is 4. The summed E-state index contributed by atoms with van der Waals surface area (Å²) in [5.74, 6) is 1.60. The number of aromatic nitrogens is 1. The van der Waals surface area contributed by atoms with Crippen LogP contribution < -0.4 is 4.74 Å². The lowest BCUT2D eigenvalue weighted by atomic mass is 9.94. The molecular formula is C23H26N2OS. The standard InChI is InChI=1S/C23H26N2OS/c1-4-24-13-12-16(14-24)21-22-18(9-7-10-19(22)26-15(2)3)25-23(21)17-8-5-6-11-20(17)27-25/h5-11,15-16H,4,12-14H2,1-3H3/t16-/m0/s1. The van der Waals surface area contributed by atoms with Gasteiger partial charge in [-0.2, -0.15) is 0 Å². The third kappa shape index (κ3) is 2.66. The highest BCUT2D eigenvalue weighted by Crippen LogP contribution is 2.45. The molecule has 140 valence electrons. The summed E-state index contributed by atoms with van der Waals surface area (Å²) >= 11 is 1.85. The van der Waals surface area contributed by atoms with Crippen LogP contribution in [0.3, 0.4) is 0 Å². The number of ether oxygens (including phenoxy) is 1. The van der Waals surface area contributed by atoms with E-state index in [-0.39, 0.29) is 6.10 Å². The smallest absolute Gasteiger partial charge is 0.129 e. The lowest BCUT2D eigenvalue weighted by molar-refractivity contribution is 0.245. The fourth-order valence-corrected chi connectivity index (χ4v) is 5.74. The molecule has 1 saturated heterocycles. The third-order valence-corrected chi connectivity index (χ3v) is 6.89. The van der Waals surface area contributed by atoms with Crippen LogP contribution in [0.4, 0.5) is 0 Å². The summed E-state index contributed by atoms with van der Waals surface area (Å²) < 4.78 is 10.1. The van der Waals surface area contributed by atoms with Crippen molar-refractivity contribution in [2.45, 2.75) is 39.2 Å². The Morgan fingerprint density at radius 3 is 2.78 bits per heavy atom. The summed E-state index contributed by atoms with van der Waals surface area (Å²) in [5.41, 5.74) is 4.18. The molecule has 27 heavy (non-hydrogen) atoms. The first-order chi connectivity index (χ1) is 13.2. The van der Waals surface area contributed by atoms with Crippen LogP contribution in [-0.4, -0.2) is 34.4 Å². The molecule has 0 N–H and O–H groups in total. The molecule has 5 rings (SSSR count). The van der Waals surface area contributed by atoms with Crippen LogP contribution in [0.25, 0.3) is 26.5 Å². The van der Waals surface area contributed by atoms with E-state index >= 15 is 0 Å². The molecule has 0 amide bonds. The Kier molecular flexibility index (Phi) is 4.14. The van der Waals surface area contributed by atoms with Gasteiger partial charge in [0, 0.05) is 23.2 Å². The Hall–Kier alpha value is -2.04. The van der Waals surface area contributed by atoms with Gasteiger partial charge in [-0.15, -0.1) is 0 Å². The second kappa shape index (κ2) is 6.54. The van der Waals surface area contributed by atoms with Gasteiger partial charge >= 0.3 is 0 Å². The summed E-state index contributed by atoms with van der Waals surface area (Å²) in [5, 5.41) is 2.70. The maximum atomic E-state index is 6.27. The largest absolute Gasteiger partial charge is 0.490 e. The van der Waals surface area contributed by atoms with Crippen molar-refractivity contribution in [3.63, 3.8) is 0 Å². The average molecular weight is 379 g/mol. The SMILES string of the molecule is CCN1CC[C@H](c2c3c(OC(C)C)cccc3n3sc4ccccc4c23)C1. The highest BCUT2D eigenvalue weighted by Gasteiger charge is 2.30. The third-order valence-electron chi connectivity index (χ3n) is 5.77. The van der Waals surface area contributed by atoms with Crippen LogP contribution >= 0.6 is 11.5 Å². The topological polar surface area (TPSA) is 16.9 Å². The fraction of sp³-hybridized carbons (Fsp3) is 0.391. The molecule has 2 aromatic carbocycles. The van der Waals surface area contributed by atoms with Crippen LogP contribution in [0.15, 0.2) is 42.5 Å². The van der Waals surface area contributed by atoms with E-state index in [1.54, 1.807) is 0 Å². The molecule has 4 heteroatoms. The van der Waals surface area contributed by atoms with Crippen molar-refractivity contribution >= 4 is 38.0 Å². The zero-order valence-corrected chi connectivity index (χ0v) is 17.1. The fourth-order valence-electron chi connectivity index (χ4n) is 4.60. The number of likely N-dealkylation sites (N-methyl/N-ethyl adjacent to an activating group) is 1. The highest BCUT2D eigenvalue weighted by molar-refractivity contribution is 7.14. The van der Waals surface area contributed by atoms with E-state index in [2.05, 4.69) is 71.9 Å². The molecule has 0 spiro atoms. The van der Waals surface area contributed by atoms with Crippen LogP contribution in [0.5, 0.6) is 5.75 Å². The molecule has 1 aliphatic heterocycles. The van der Waals surface area contributed by atoms with Crippen LogP contribution in [-0.2, 0) is 0 Å². The van der Waals surface area contributed by atoms with Gasteiger partial charge in [-0.25, -0.2) is 0 Å². The van der Waals surface area contributed by atoms with Gasteiger partial charge in [0.25, 0.3) is 0 Å². The van der Waals surface area contributed by atoms with Crippen LogP contribution in [0, 0.1) is 0 Å². The number of nitrogens with zero attached hydrogens (tertiary/aromatic N) is 2. The van der Waals surface area contributed by atoms with Gasteiger partial charge in [0.15, 0.2) is 0 Å². The molecule has 0 aliphatic carbocycles. The molecule has 0 bridgehead atoms. The van der Waals surface area contributed by atoms with Crippen molar-refractivity contribution in [1.29, 1.82) is 0 Å². The van der Waals surface area contributed by atoms with E-state index in [4.69, 9.17) is 4.74 Å². The highest BCUT2D eigenvalue weighted by atomic mass is 32.1. The Morgan fingerprint density at radius 1 is 1.15 bits per heavy atom. The minimum absolute atomic E-state index is 0.175. The van der Waals surface area contributed by atoms with E-state index in [0.717, 1.165) is 18.8 Å². The molecule has 4 aromatic rings. The molecule has 1 atom stereocenters. The molecule has 0 radical (unpaired) electrons.